The number of rotatable bonds is 6. The first-order valence-electron chi connectivity index (χ1n) is 7.03. The fraction of sp³-hybridized carbons (Fsp3) is 0.438. The van der Waals surface area contributed by atoms with Crippen LogP contribution < -0.4 is 10.1 Å². The molecule has 1 heterocycles. The predicted octanol–water partition coefficient (Wildman–Crippen LogP) is 4.72. The number of aryl methyl sites for hydroxylation is 2. The van der Waals surface area contributed by atoms with E-state index >= 15 is 0 Å². The molecule has 0 spiro atoms. The van der Waals surface area contributed by atoms with E-state index in [9.17, 15) is 0 Å². The first-order valence-corrected chi connectivity index (χ1v) is 7.85. The lowest BCUT2D eigenvalue weighted by Crippen LogP contribution is -2.06. The molecular weight excluding hydrogens is 268 g/mol. The van der Waals surface area contributed by atoms with Gasteiger partial charge in [-0.2, -0.15) is 0 Å². The van der Waals surface area contributed by atoms with E-state index in [1.165, 1.54) is 4.88 Å². The van der Waals surface area contributed by atoms with E-state index in [4.69, 9.17) is 4.74 Å². The minimum atomic E-state index is 0.252. The third kappa shape index (κ3) is 3.73. The normalized spacial score (nSPS) is 12.2. The molecule has 108 valence electrons. The molecule has 1 aromatic carbocycles. The standard InChI is InChI=1S/C16H22N2OS/c1-5-9-19-15-8-6-7-14(10-15)18-12(3)16-11(2)17-13(4)20-16/h6-8,10,12,18H,5,9H2,1-4H3. The molecule has 0 saturated carbocycles. The van der Waals surface area contributed by atoms with Crippen LogP contribution in [-0.4, -0.2) is 11.6 Å². The fourth-order valence-corrected chi connectivity index (χ4v) is 3.09. The zero-order chi connectivity index (χ0) is 14.5. The average Bonchev–Trinajstić information content (AvgIpc) is 2.76. The maximum Gasteiger partial charge on any atom is 0.121 e. The van der Waals surface area contributed by atoms with Gasteiger partial charge in [-0.15, -0.1) is 11.3 Å². The highest BCUT2D eigenvalue weighted by Gasteiger charge is 2.12. The summed E-state index contributed by atoms with van der Waals surface area (Å²) in [4.78, 5) is 5.78. The van der Waals surface area contributed by atoms with Gasteiger partial charge in [-0.05, 0) is 39.3 Å². The average molecular weight is 290 g/mol. The van der Waals surface area contributed by atoms with Crippen molar-refractivity contribution >= 4 is 17.0 Å². The number of ether oxygens (including phenoxy) is 1. The molecule has 1 aromatic heterocycles. The smallest absolute Gasteiger partial charge is 0.121 e. The summed E-state index contributed by atoms with van der Waals surface area (Å²) in [6.07, 6.45) is 1.02. The fourth-order valence-electron chi connectivity index (χ4n) is 2.16. The zero-order valence-corrected chi connectivity index (χ0v) is 13.4. The third-order valence-corrected chi connectivity index (χ3v) is 4.28. The lowest BCUT2D eigenvalue weighted by molar-refractivity contribution is 0.317. The summed E-state index contributed by atoms with van der Waals surface area (Å²) >= 11 is 1.75. The van der Waals surface area contributed by atoms with E-state index in [2.05, 4.69) is 43.2 Å². The van der Waals surface area contributed by atoms with Crippen LogP contribution in [0.4, 0.5) is 5.69 Å². The molecule has 1 unspecified atom stereocenters. The molecule has 0 aliphatic carbocycles. The van der Waals surface area contributed by atoms with Crippen molar-refractivity contribution in [3.05, 3.63) is 39.8 Å². The van der Waals surface area contributed by atoms with Crippen molar-refractivity contribution in [1.82, 2.24) is 4.98 Å². The van der Waals surface area contributed by atoms with Crippen LogP contribution in [0.25, 0.3) is 0 Å². The van der Waals surface area contributed by atoms with Gasteiger partial charge in [0.05, 0.1) is 23.4 Å². The molecule has 0 aliphatic rings. The first kappa shape index (κ1) is 14.9. The minimum Gasteiger partial charge on any atom is -0.494 e. The van der Waals surface area contributed by atoms with Gasteiger partial charge in [0.15, 0.2) is 0 Å². The lowest BCUT2D eigenvalue weighted by atomic mass is 10.2. The molecule has 0 fully saturated rings. The molecule has 3 nitrogen and oxygen atoms in total. The Morgan fingerprint density at radius 3 is 2.80 bits per heavy atom. The topological polar surface area (TPSA) is 34.1 Å². The van der Waals surface area contributed by atoms with Gasteiger partial charge in [-0.1, -0.05) is 13.0 Å². The van der Waals surface area contributed by atoms with Crippen LogP contribution in [0.3, 0.4) is 0 Å². The van der Waals surface area contributed by atoms with Crippen molar-refractivity contribution < 1.29 is 4.74 Å². The van der Waals surface area contributed by atoms with E-state index in [1.807, 2.05) is 19.1 Å². The number of nitrogens with zero attached hydrogens (tertiary/aromatic N) is 1. The summed E-state index contributed by atoms with van der Waals surface area (Å²) < 4.78 is 5.66. The largest absolute Gasteiger partial charge is 0.494 e. The lowest BCUT2D eigenvalue weighted by Gasteiger charge is -2.15. The van der Waals surface area contributed by atoms with Crippen LogP contribution in [0.1, 0.15) is 41.9 Å². The maximum atomic E-state index is 5.66. The number of hydrogen-bond acceptors (Lipinski definition) is 4. The van der Waals surface area contributed by atoms with E-state index in [0.29, 0.717) is 0 Å². The summed E-state index contributed by atoms with van der Waals surface area (Å²) in [6.45, 7) is 9.15. The van der Waals surface area contributed by atoms with Gasteiger partial charge in [0, 0.05) is 16.6 Å². The maximum absolute atomic E-state index is 5.66. The molecule has 1 N–H and O–H groups in total. The molecule has 0 radical (unpaired) electrons. The second-order valence-electron chi connectivity index (χ2n) is 4.92. The Hall–Kier alpha value is -1.55. The molecule has 1 atom stereocenters. The molecular formula is C16H22N2OS. The minimum absolute atomic E-state index is 0.252. The van der Waals surface area contributed by atoms with Crippen LogP contribution in [0.15, 0.2) is 24.3 Å². The molecule has 2 aromatic rings. The summed E-state index contributed by atoms with van der Waals surface area (Å²) in [5, 5.41) is 4.64. The number of thiazole rings is 1. The predicted molar refractivity (Wildman–Crippen MR) is 85.9 cm³/mol. The van der Waals surface area contributed by atoms with E-state index in [-0.39, 0.29) is 6.04 Å². The van der Waals surface area contributed by atoms with Gasteiger partial charge < -0.3 is 10.1 Å². The Kier molecular flexibility index (Phi) is 5.01. The Morgan fingerprint density at radius 2 is 2.15 bits per heavy atom. The van der Waals surface area contributed by atoms with Crippen molar-refractivity contribution in [3.8, 4) is 5.75 Å². The van der Waals surface area contributed by atoms with Crippen molar-refractivity contribution in [2.24, 2.45) is 0 Å². The summed E-state index contributed by atoms with van der Waals surface area (Å²) in [6, 6.07) is 8.38. The van der Waals surface area contributed by atoms with Crippen LogP contribution >= 0.6 is 11.3 Å². The van der Waals surface area contributed by atoms with Gasteiger partial charge in [0.25, 0.3) is 0 Å². The molecule has 0 aliphatic heterocycles. The quantitative estimate of drug-likeness (QED) is 0.835. The monoisotopic (exact) mass is 290 g/mol. The van der Waals surface area contributed by atoms with Gasteiger partial charge in [0.1, 0.15) is 5.75 Å². The Bertz CT molecular complexity index is 565. The second kappa shape index (κ2) is 6.75. The molecule has 20 heavy (non-hydrogen) atoms. The highest BCUT2D eigenvalue weighted by molar-refractivity contribution is 7.11. The van der Waals surface area contributed by atoms with Crippen molar-refractivity contribution in [2.75, 3.05) is 11.9 Å². The van der Waals surface area contributed by atoms with Crippen molar-refractivity contribution in [1.29, 1.82) is 0 Å². The highest BCUT2D eigenvalue weighted by Crippen LogP contribution is 2.28. The SMILES string of the molecule is CCCOc1cccc(NC(C)c2sc(C)nc2C)c1. The Balaban J connectivity index is 2.07. The number of benzene rings is 1. The molecule has 0 saturated heterocycles. The van der Waals surface area contributed by atoms with E-state index < -0.39 is 0 Å². The number of anilines is 1. The van der Waals surface area contributed by atoms with Gasteiger partial charge in [0.2, 0.25) is 0 Å². The molecule has 0 bridgehead atoms. The zero-order valence-electron chi connectivity index (χ0n) is 12.6. The molecule has 4 heteroatoms. The van der Waals surface area contributed by atoms with Gasteiger partial charge in [-0.25, -0.2) is 4.98 Å². The van der Waals surface area contributed by atoms with Crippen molar-refractivity contribution in [2.45, 2.75) is 40.2 Å². The summed E-state index contributed by atoms with van der Waals surface area (Å²) in [7, 11) is 0. The van der Waals surface area contributed by atoms with Gasteiger partial charge >= 0.3 is 0 Å². The summed E-state index contributed by atoms with van der Waals surface area (Å²) in [5.74, 6) is 0.918. The molecule has 0 amide bonds. The first-order chi connectivity index (χ1) is 9.60. The highest BCUT2D eigenvalue weighted by atomic mass is 32.1. The Labute approximate surface area is 125 Å². The van der Waals surface area contributed by atoms with E-state index in [1.54, 1.807) is 11.3 Å². The Morgan fingerprint density at radius 1 is 1.35 bits per heavy atom. The number of aromatic nitrogens is 1. The molecule has 2 rings (SSSR count). The van der Waals surface area contributed by atoms with Crippen molar-refractivity contribution in [3.63, 3.8) is 0 Å². The van der Waals surface area contributed by atoms with E-state index in [0.717, 1.165) is 35.2 Å². The van der Waals surface area contributed by atoms with Crippen LogP contribution in [-0.2, 0) is 0 Å². The van der Waals surface area contributed by atoms with Gasteiger partial charge in [-0.3, -0.25) is 0 Å². The second-order valence-corrected chi connectivity index (χ2v) is 6.16. The van der Waals surface area contributed by atoms with Crippen LogP contribution in [0, 0.1) is 13.8 Å². The number of nitrogens with one attached hydrogen (secondary N) is 1. The summed E-state index contributed by atoms with van der Waals surface area (Å²) in [5.41, 5.74) is 2.20. The third-order valence-electron chi connectivity index (χ3n) is 3.02. The number of hydrogen-bond donors (Lipinski definition) is 1. The van der Waals surface area contributed by atoms with Crippen LogP contribution in [0.2, 0.25) is 0 Å². The van der Waals surface area contributed by atoms with Crippen LogP contribution in [0.5, 0.6) is 5.75 Å².